The summed E-state index contributed by atoms with van der Waals surface area (Å²) in [6.45, 7) is 3.56. The lowest BCUT2D eigenvalue weighted by molar-refractivity contribution is -0.117. The van der Waals surface area contributed by atoms with Crippen molar-refractivity contribution in [2.45, 2.75) is 25.8 Å². The van der Waals surface area contributed by atoms with E-state index in [0.29, 0.717) is 20.2 Å². The predicted octanol–water partition coefficient (Wildman–Crippen LogP) is 3.82. The second-order valence-electron chi connectivity index (χ2n) is 4.44. The van der Waals surface area contributed by atoms with Gasteiger partial charge in [0.15, 0.2) is 0 Å². The zero-order valence-corrected chi connectivity index (χ0v) is 12.6. The Morgan fingerprint density at radius 1 is 1.41 bits per heavy atom. The van der Waals surface area contributed by atoms with Gasteiger partial charge < -0.3 is 11.1 Å². The van der Waals surface area contributed by atoms with E-state index < -0.39 is 5.54 Å². The molecule has 0 spiro atoms. The van der Waals surface area contributed by atoms with E-state index in [1.807, 2.05) is 0 Å². The van der Waals surface area contributed by atoms with Crippen LogP contribution in [0, 0.1) is 0 Å². The molecule has 1 amide bonds. The molecular formula is C11H13BrCl2N2O. The first-order valence-electron chi connectivity index (χ1n) is 4.93. The number of anilines is 1. The van der Waals surface area contributed by atoms with Gasteiger partial charge in [0.1, 0.15) is 0 Å². The summed E-state index contributed by atoms with van der Waals surface area (Å²) in [5.74, 6) is -0.196. The molecule has 0 saturated carbocycles. The molecule has 0 radical (unpaired) electrons. The highest BCUT2D eigenvalue weighted by atomic mass is 79.9. The Kier molecular flexibility index (Phi) is 4.84. The number of carbonyl (C=O) groups excluding carboxylic acids is 1. The fourth-order valence-corrected chi connectivity index (χ4v) is 2.05. The molecule has 1 aromatic carbocycles. The summed E-state index contributed by atoms with van der Waals surface area (Å²) in [5, 5.41) is 3.36. The molecule has 94 valence electrons. The number of carbonyl (C=O) groups is 1. The van der Waals surface area contributed by atoms with E-state index in [0.717, 1.165) is 0 Å². The maximum atomic E-state index is 11.7. The van der Waals surface area contributed by atoms with Crippen molar-refractivity contribution in [2.75, 3.05) is 5.32 Å². The van der Waals surface area contributed by atoms with Gasteiger partial charge in [0, 0.05) is 16.4 Å². The van der Waals surface area contributed by atoms with Crippen LogP contribution in [-0.2, 0) is 4.79 Å². The molecule has 0 unspecified atom stereocenters. The number of halogens is 3. The van der Waals surface area contributed by atoms with Crippen molar-refractivity contribution in [3.63, 3.8) is 0 Å². The molecule has 3 N–H and O–H groups in total. The average molecular weight is 340 g/mol. The molecule has 1 aromatic rings. The Bertz CT molecular complexity index is 444. The highest BCUT2D eigenvalue weighted by molar-refractivity contribution is 9.10. The lowest BCUT2D eigenvalue weighted by Crippen LogP contribution is -2.36. The van der Waals surface area contributed by atoms with Gasteiger partial charge >= 0.3 is 0 Å². The molecule has 0 aliphatic rings. The van der Waals surface area contributed by atoms with Crippen molar-refractivity contribution in [3.05, 3.63) is 26.7 Å². The molecule has 0 saturated heterocycles. The molecule has 3 nitrogen and oxygen atoms in total. The summed E-state index contributed by atoms with van der Waals surface area (Å²) < 4.78 is 0.682. The Balaban J connectivity index is 2.83. The second-order valence-corrected chi connectivity index (χ2v) is 6.05. The van der Waals surface area contributed by atoms with E-state index in [1.165, 1.54) is 0 Å². The fourth-order valence-electron chi connectivity index (χ4n) is 1.23. The third-order valence-electron chi connectivity index (χ3n) is 1.93. The molecule has 0 fully saturated rings. The van der Waals surface area contributed by atoms with Crippen LogP contribution in [0.25, 0.3) is 0 Å². The van der Waals surface area contributed by atoms with Crippen molar-refractivity contribution in [2.24, 2.45) is 5.73 Å². The van der Waals surface area contributed by atoms with Gasteiger partial charge in [-0.15, -0.1) is 0 Å². The number of nitrogens with one attached hydrogen (secondary N) is 1. The number of rotatable bonds is 3. The quantitative estimate of drug-likeness (QED) is 0.822. The van der Waals surface area contributed by atoms with Gasteiger partial charge in [-0.1, -0.05) is 23.2 Å². The fraction of sp³-hybridized carbons (Fsp3) is 0.364. The summed E-state index contributed by atoms with van der Waals surface area (Å²) in [6, 6.07) is 3.40. The molecule has 0 heterocycles. The van der Waals surface area contributed by atoms with Crippen molar-refractivity contribution in [1.82, 2.24) is 0 Å². The maximum Gasteiger partial charge on any atom is 0.226 e. The minimum absolute atomic E-state index is 0.196. The topological polar surface area (TPSA) is 55.1 Å². The number of hydrogen-bond acceptors (Lipinski definition) is 2. The molecular weight excluding hydrogens is 327 g/mol. The van der Waals surface area contributed by atoms with Crippen LogP contribution in [-0.4, -0.2) is 11.4 Å². The van der Waals surface area contributed by atoms with Crippen LogP contribution in [0.15, 0.2) is 16.6 Å². The van der Waals surface area contributed by atoms with Crippen LogP contribution in [0.5, 0.6) is 0 Å². The first kappa shape index (κ1) is 14.8. The molecule has 1 rings (SSSR count). The van der Waals surface area contributed by atoms with Crippen molar-refractivity contribution < 1.29 is 4.79 Å². The van der Waals surface area contributed by atoms with Crippen molar-refractivity contribution in [1.29, 1.82) is 0 Å². The molecule has 0 aliphatic carbocycles. The molecule has 0 aromatic heterocycles. The highest BCUT2D eigenvalue weighted by Crippen LogP contribution is 2.35. The predicted molar refractivity (Wildman–Crippen MR) is 75.7 cm³/mol. The lowest BCUT2D eigenvalue weighted by atomic mass is 10.0. The van der Waals surface area contributed by atoms with Gasteiger partial charge in [0.05, 0.1) is 15.7 Å². The minimum Gasteiger partial charge on any atom is -0.325 e. The number of benzene rings is 1. The first-order chi connectivity index (χ1) is 7.70. The van der Waals surface area contributed by atoms with Crippen molar-refractivity contribution >= 4 is 50.7 Å². The molecule has 0 aliphatic heterocycles. The SMILES string of the molecule is CC(C)(N)CC(=O)Nc1ccc(Br)c(Cl)c1Cl. The van der Waals surface area contributed by atoms with Crippen LogP contribution < -0.4 is 11.1 Å². The second kappa shape index (κ2) is 5.57. The molecule has 17 heavy (non-hydrogen) atoms. The van der Waals surface area contributed by atoms with E-state index >= 15 is 0 Å². The van der Waals surface area contributed by atoms with Crippen LogP contribution in [0.3, 0.4) is 0 Å². The molecule has 6 heteroatoms. The van der Waals surface area contributed by atoms with E-state index in [4.69, 9.17) is 28.9 Å². The van der Waals surface area contributed by atoms with Gasteiger partial charge in [0.2, 0.25) is 5.91 Å². The van der Waals surface area contributed by atoms with Gasteiger partial charge in [0.25, 0.3) is 0 Å². The standard InChI is InChI=1S/C11H13BrCl2N2O/c1-11(2,15)5-8(17)16-7-4-3-6(12)9(13)10(7)14/h3-4H,5,15H2,1-2H3,(H,16,17). The normalized spacial score (nSPS) is 11.4. The largest absolute Gasteiger partial charge is 0.325 e. The Labute approximate surface area is 119 Å². The minimum atomic E-state index is -0.560. The van der Waals surface area contributed by atoms with Crippen LogP contribution in [0.4, 0.5) is 5.69 Å². The summed E-state index contributed by atoms with van der Waals surface area (Å²) >= 11 is 15.2. The van der Waals surface area contributed by atoms with E-state index in [1.54, 1.807) is 26.0 Å². The Hall–Kier alpha value is -0.290. The summed E-state index contributed by atoms with van der Waals surface area (Å²) in [4.78, 5) is 11.7. The van der Waals surface area contributed by atoms with Crippen LogP contribution in [0.2, 0.25) is 10.0 Å². The third-order valence-corrected chi connectivity index (χ3v) is 3.70. The third kappa shape index (κ3) is 4.47. The van der Waals surface area contributed by atoms with Gasteiger partial charge in [-0.25, -0.2) is 0 Å². The van der Waals surface area contributed by atoms with E-state index in [2.05, 4.69) is 21.2 Å². The van der Waals surface area contributed by atoms with Crippen LogP contribution in [0.1, 0.15) is 20.3 Å². The Morgan fingerprint density at radius 2 is 2.00 bits per heavy atom. The summed E-state index contributed by atoms with van der Waals surface area (Å²) in [6.07, 6.45) is 0.205. The van der Waals surface area contributed by atoms with Gasteiger partial charge in [-0.2, -0.15) is 0 Å². The summed E-state index contributed by atoms with van der Waals surface area (Å²) in [5.41, 5.74) is 5.68. The molecule has 0 atom stereocenters. The zero-order chi connectivity index (χ0) is 13.2. The lowest BCUT2D eigenvalue weighted by Gasteiger charge is -2.18. The van der Waals surface area contributed by atoms with E-state index in [-0.39, 0.29) is 12.3 Å². The highest BCUT2D eigenvalue weighted by Gasteiger charge is 2.18. The van der Waals surface area contributed by atoms with Crippen molar-refractivity contribution in [3.8, 4) is 0 Å². The van der Waals surface area contributed by atoms with E-state index in [9.17, 15) is 4.79 Å². The Morgan fingerprint density at radius 3 is 2.53 bits per heavy atom. The van der Waals surface area contributed by atoms with Crippen LogP contribution >= 0.6 is 39.1 Å². The van der Waals surface area contributed by atoms with Gasteiger partial charge in [-0.3, -0.25) is 4.79 Å². The first-order valence-corrected chi connectivity index (χ1v) is 6.48. The maximum absolute atomic E-state index is 11.7. The monoisotopic (exact) mass is 338 g/mol. The van der Waals surface area contributed by atoms with Gasteiger partial charge in [-0.05, 0) is 41.9 Å². The smallest absolute Gasteiger partial charge is 0.226 e. The molecule has 0 bridgehead atoms. The summed E-state index contributed by atoms with van der Waals surface area (Å²) in [7, 11) is 0. The average Bonchev–Trinajstić information content (AvgIpc) is 2.16. The zero-order valence-electron chi connectivity index (χ0n) is 9.48. The number of nitrogens with two attached hydrogens (primary N) is 1. The number of amides is 1. The number of hydrogen-bond donors (Lipinski definition) is 2.